The molecule has 1 atom stereocenters. The van der Waals surface area contributed by atoms with E-state index in [1.807, 2.05) is 35.3 Å². The van der Waals surface area contributed by atoms with Crippen molar-refractivity contribution in [2.24, 2.45) is 5.73 Å². The molecule has 0 bridgehead atoms. The summed E-state index contributed by atoms with van der Waals surface area (Å²) in [4.78, 5) is 10.9. The van der Waals surface area contributed by atoms with Gasteiger partial charge in [-0.15, -0.1) is 22.7 Å². The van der Waals surface area contributed by atoms with E-state index in [1.54, 1.807) is 22.7 Å². The molecule has 0 aliphatic rings. The van der Waals surface area contributed by atoms with E-state index in [-0.39, 0.29) is 6.04 Å². The summed E-state index contributed by atoms with van der Waals surface area (Å²) in [6, 6.07) is -0.00851. The first-order valence-electron chi connectivity index (χ1n) is 5.31. The quantitative estimate of drug-likeness (QED) is 0.790. The minimum atomic E-state index is -0.00851. The van der Waals surface area contributed by atoms with Crippen LogP contribution in [0.3, 0.4) is 0 Å². The zero-order chi connectivity index (χ0) is 11.8. The van der Waals surface area contributed by atoms with Crippen molar-refractivity contribution in [1.82, 2.24) is 14.4 Å². The standard InChI is InChI=1S/C11H12N4S2/c1-7-13-5-10(17-7)9(12)4-8-6-15-2-3-16-11(15)14-8/h2-3,5-6,9H,4,12H2,1H3. The number of hydrogen-bond acceptors (Lipinski definition) is 5. The second kappa shape index (κ2) is 4.21. The van der Waals surface area contributed by atoms with Gasteiger partial charge in [0.25, 0.3) is 0 Å². The Hall–Kier alpha value is -1.24. The zero-order valence-electron chi connectivity index (χ0n) is 9.33. The van der Waals surface area contributed by atoms with E-state index in [1.165, 1.54) is 0 Å². The summed E-state index contributed by atoms with van der Waals surface area (Å²) in [6.07, 6.45) is 6.68. The Morgan fingerprint density at radius 3 is 3.12 bits per heavy atom. The number of nitrogens with zero attached hydrogens (tertiary/aromatic N) is 3. The smallest absolute Gasteiger partial charge is 0.193 e. The molecule has 3 aromatic heterocycles. The summed E-state index contributed by atoms with van der Waals surface area (Å²) in [5.74, 6) is 0. The van der Waals surface area contributed by atoms with Crippen LogP contribution in [0.2, 0.25) is 0 Å². The molecule has 0 spiro atoms. The first-order chi connectivity index (χ1) is 8.22. The van der Waals surface area contributed by atoms with Gasteiger partial charge in [0, 0.05) is 41.3 Å². The monoisotopic (exact) mass is 264 g/mol. The van der Waals surface area contributed by atoms with Crippen LogP contribution in [0, 0.1) is 6.92 Å². The van der Waals surface area contributed by atoms with Crippen LogP contribution in [0.25, 0.3) is 4.96 Å². The highest BCUT2D eigenvalue weighted by Gasteiger charge is 2.12. The maximum Gasteiger partial charge on any atom is 0.193 e. The van der Waals surface area contributed by atoms with Crippen LogP contribution in [-0.4, -0.2) is 14.4 Å². The summed E-state index contributed by atoms with van der Waals surface area (Å²) in [5.41, 5.74) is 7.19. The lowest BCUT2D eigenvalue weighted by molar-refractivity contribution is 0.722. The summed E-state index contributed by atoms with van der Waals surface area (Å²) in [7, 11) is 0. The van der Waals surface area contributed by atoms with Crippen molar-refractivity contribution >= 4 is 27.6 Å². The number of fused-ring (bicyclic) bond motifs is 1. The number of aryl methyl sites for hydroxylation is 1. The van der Waals surface area contributed by atoms with Crippen LogP contribution in [-0.2, 0) is 6.42 Å². The summed E-state index contributed by atoms with van der Waals surface area (Å²) < 4.78 is 2.03. The molecule has 1 unspecified atom stereocenters. The van der Waals surface area contributed by atoms with Crippen molar-refractivity contribution in [3.63, 3.8) is 0 Å². The SMILES string of the molecule is Cc1ncc(C(N)Cc2cn3ccsc3n2)s1. The molecule has 0 radical (unpaired) electrons. The molecule has 0 aromatic carbocycles. The zero-order valence-corrected chi connectivity index (χ0v) is 11.0. The van der Waals surface area contributed by atoms with Gasteiger partial charge in [-0.05, 0) is 6.92 Å². The number of rotatable bonds is 3. The molecule has 3 aromatic rings. The highest BCUT2D eigenvalue weighted by Crippen LogP contribution is 2.22. The van der Waals surface area contributed by atoms with E-state index in [2.05, 4.69) is 9.97 Å². The predicted octanol–water partition coefficient (Wildman–Crippen LogP) is 2.40. The van der Waals surface area contributed by atoms with E-state index in [9.17, 15) is 0 Å². The van der Waals surface area contributed by atoms with Gasteiger partial charge in [0.2, 0.25) is 0 Å². The van der Waals surface area contributed by atoms with Crippen molar-refractivity contribution in [3.05, 3.63) is 39.5 Å². The number of imidazole rings is 1. The average Bonchev–Trinajstić information content (AvgIpc) is 2.92. The van der Waals surface area contributed by atoms with Crippen molar-refractivity contribution < 1.29 is 0 Å². The third-order valence-electron chi connectivity index (χ3n) is 2.58. The summed E-state index contributed by atoms with van der Waals surface area (Å²) in [6.45, 7) is 1.99. The van der Waals surface area contributed by atoms with Crippen molar-refractivity contribution in [1.29, 1.82) is 0 Å². The van der Waals surface area contributed by atoms with Gasteiger partial charge in [-0.3, -0.25) is 4.40 Å². The Morgan fingerprint density at radius 1 is 1.53 bits per heavy atom. The maximum atomic E-state index is 6.16. The molecule has 2 N–H and O–H groups in total. The minimum absolute atomic E-state index is 0.00851. The molecule has 0 amide bonds. The Morgan fingerprint density at radius 2 is 2.41 bits per heavy atom. The van der Waals surface area contributed by atoms with E-state index >= 15 is 0 Å². The lowest BCUT2D eigenvalue weighted by Crippen LogP contribution is -2.11. The van der Waals surface area contributed by atoms with E-state index in [4.69, 9.17) is 5.73 Å². The van der Waals surface area contributed by atoms with Gasteiger partial charge < -0.3 is 5.73 Å². The lowest BCUT2D eigenvalue weighted by Gasteiger charge is -2.05. The molecule has 6 heteroatoms. The first-order valence-corrected chi connectivity index (χ1v) is 7.01. The molecule has 0 aliphatic carbocycles. The molecular formula is C11H12N4S2. The Kier molecular flexibility index (Phi) is 2.70. The third kappa shape index (κ3) is 2.11. The molecule has 0 saturated carbocycles. The summed E-state index contributed by atoms with van der Waals surface area (Å²) >= 11 is 3.29. The number of nitrogens with two attached hydrogens (primary N) is 1. The Bertz CT molecular complexity index is 608. The van der Waals surface area contributed by atoms with E-state index in [0.717, 1.165) is 27.0 Å². The molecule has 17 heavy (non-hydrogen) atoms. The minimum Gasteiger partial charge on any atom is -0.323 e. The molecule has 3 rings (SSSR count). The van der Waals surface area contributed by atoms with E-state index in [0.29, 0.717) is 0 Å². The fourth-order valence-electron chi connectivity index (χ4n) is 1.75. The topological polar surface area (TPSA) is 56.2 Å². The van der Waals surface area contributed by atoms with Gasteiger partial charge in [-0.1, -0.05) is 0 Å². The van der Waals surface area contributed by atoms with Gasteiger partial charge in [0.1, 0.15) is 0 Å². The van der Waals surface area contributed by atoms with Crippen LogP contribution >= 0.6 is 22.7 Å². The van der Waals surface area contributed by atoms with Crippen molar-refractivity contribution in [2.45, 2.75) is 19.4 Å². The highest BCUT2D eigenvalue weighted by molar-refractivity contribution is 7.15. The van der Waals surface area contributed by atoms with Gasteiger partial charge in [0.05, 0.1) is 10.7 Å². The molecule has 88 valence electrons. The fraction of sp³-hybridized carbons (Fsp3) is 0.273. The third-order valence-corrected chi connectivity index (χ3v) is 4.39. The van der Waals surface area contributed by atoms with Gasteiger partial charge in [-0.2, -0.15) is 0 Å². The fourth-order valence-corrected chi connectivity index (χ4v) is 3.26. The second-order valence-corrected chi connectivity index (χ2v) is 6.06. The first kappa shape index (κ1) is 10.9. The lowest BCUT2D eigenvalue weighted by atomic mass is 10.1. The molecule has 4 nitrogen and oxygen atoms in total. The number of aromatic nitrogens is 3. The van der Waals surface area contributed by atoms with Crippen LogP contribution < -0.4 is 5.73 Å². The number of thiazole rings is 2. The molecule has 3 heterocycles. The summed E-state index contributed by atoms with van der Waals surface area (Å²) in [5, 5.41) is 3.08. The van der Waals surface area contributed by atoms with Gasteiger partial charge in [0.15, 0.2) is 4.96 Å². The predicted molar refractivity (Wildman–Crippen MR) is 70.6 cm³/mol. The van der Waals surface area contributed by atoms with Gasteiger partial charge >= 0.3 is 0 Å². The normalized spacial score (nSPS) is 13.3. The van der Waals surface area contributed by atoms with Crippen LogP contribution in [0.15, 0.2) is 24.0 Å². The molecule has 0 saturated heterocycles. The second-order valence-electron chi connectivity index (χ2n) is 3.92. The Labute approximate surface area is 107 Å². The highest BCUT2D eigenvalue weighted by atomic mass is 32.1. The molecule has 0 fully saturated rings. The van der Waals surface area contributed by atoms with Crippen molar-refractivity contribution in [2.75, 3.05) is 0 Å². The Balaban J connectivity index is 1.80. The van der Waals surface area contributed by atoms with E-state index < -0.39 is 0 Å². The van der Waals surface area contributed by atoms with Crippen molar-refractivity contribution in [3.8, 4) is 0 Å². The molecule has 0 aliphatic heterocycles. The van der Waals surface area contributed by atoms with Gasteiger partial charge in [-0.25, -0.2) is 9.97 Å². The van der Waals surface area contributed by atoms with Crippen LogP contribution in [0.1, 0.15) is 21.6 Å². The maximum absolute atomic E-state index is 6.16. The van der Waals surface area contributed by atoms with Crippen LogP contribution in [0.5, 0.6) is 0 Å². The average molecular weight is 264 g/mol. The molecular weight excluding hydrogens is 252 g/mol. The largest absolute Gasteiger partial charge is 0.323 e. The number of hydrogen-bond donors (Lipinski definition) is 1. The van der Waals surface area contributed by atoms with Crippen LogP contribution in [0.4, 0.5) is 0 Å².